The molecule has 33 heavy (non-hydrogen) atoms. The van der Waals surface area contributed by atoms with Crippen LogP contribution in [0, 0.1) is 5.82 Å². The molecule has 1 atom stereocenters. The highest BCUT2D eigenvalue weighted by atomic mass is 32.1. The number of carbonyl (C=O) groups excluding carboxylic acids is 2. The summed E-state index contributed by atoms with van der Waals surface area (Å²) < 4.78 is 19.8. The minimum atomic E-state index is -0.895. The van der Waals surface area contributed by atoms with E-state index in [-0.39, 0.29) is 10.7 Å². The van der Waals surface area contributed by atoms with Crippen molar-refractivity contribution in [2.45, 2.75) is 13.0 Å². The summed E-state index contributed by atoms with van der Waals surface area (Å²) in [5.74, 6) is -1.54. The van der Waals surface area contributed by atoms with E-state index in [0.717, 1.165) is 11.3 Å². The number of benzene rings is 2. The van der Waals surface area contributed by atoms with Crippen LogP contribution in [-0.2, 0) is 4.79 Å². The number of aromatic nitrogens is 1. The van der Waals surface area contributed by atoms with E-state index in [4.69, 9.17) is 4.74 Å². The summed E-state index contributed by atoms with van der Waals surface area (Å²) in [7, 11) is 0. The molecule has 0 fully saturated rings. The number of aliphatic hydroxyl groups excluding tert-OH is 1. The van der Waals surface area contributed by atoms with Gasteiger partial charge < -0.3 is 9.84 Å². The minimum absolute atomic E-state index is 0.0166. The van der Waals surface area contributed by atoms with Crippen molar-refractivity contribution >= 4 is 49.7 Å². The van der Waals surface area contributed by atoms with Gasteiger partial charge >= 0.3 is 0 Å². The summed E-state index contributed by atoms with van der Waals surface area (Å²) in [6.07, 6.45) is 0. The molecule has 1 N–H and O–H groups in total. The molecule has 0 spiro atoms. The van der Waals surface area contributed by atoms with E-state index >= 15 is 0 Å². The highest BCUT2D eigenvalue weighted by Crippen LogP contribution is 2.44. The van der Waals surface area contributed by atoms with Crippen LogP contribution in [-0.4, -0.2) is 28.4 Å². The van der Waals surface area contributed by atoms with E-state index in [9.17, 15) is 19.1 Å². The number of hydrogen-bond donors (Lipinski definition) is 1. The lowest BCUT2D eigenvalue weighted by atomic mass is 9.95. The van der Waals surface area contributed by atoms with Gasteiger partial charge in [-0.3, -0.25) is 14.5 Å². The van der Waals surface area contributed by atoms with Crippen molar-refractivity contribution in [3.8, 4) is 5.75 Å². The Kier molecular flexibility index (Phi) is 5.43. The number of thiophene rings is 1. The first-order valence-corrected chi connectivity index (χ1v) is 11.8. The van der Waals surface area contributed by atoms with Crippen LogP contribution >= 0.6 is 22.7 Å². The van der Waals surface area contributed by atoms with Crippen LogP contribution in [0.1, 0.15) is 28.2 Å². The zero-order chi connectivity index (χ0) is 23.1. The summed E-state index contributed by atoms with van der Waals surface area (Å²) in [6.45, 7) is 2.37. The lowest BCUT2D eigenvalue weighted by Crippen LogP contribution is -2.30. The molecule has 1 unspecified atom stereocenters. The van der Waals surface area contributed by atoms with E-state index in [1.54, 1.807) is 41.8 Å². The van der Waals surface area contributed by atoms with Crippen molar-refractivity contribution in [2.75, 3.05) is 11.5 Å². The fourth-order valence-electron chi connectivity index (χ4n) is 3.79. The first-order valence-electron chi connectivity index (χ1n) is 10.1. The highest BCUT2D eigenvalue weighted by molar-refractivity contribution is 7.22. The smallest absolute Gasteiger partial charge is 0.296 e. The van der Waals surface area contributed by atoms with Crippen molar-refractivity contribution in [1.82, 2.24) is 4.98 Å². The number of aliphatic hydroxyl groups is 1. The Morgan fingerprint density at radius 1 is 1.21 bits per heavy atom. The Balaban J connectivity index is 1.65. The maximum Gasteiger partial charge on any atom is 0.296 e. The van der Waals surface area contributed by atoms with E-state index in [1.165, 1.54) is 34.4 Å². The number of rotatable bonds is 6. The molecule has 6 nitrogen and oxygen atoms in total. The molecule has 5 rings (SSSR count). The van der Waals surface area contributed by atoms with Gasteiger partial charge in [0, 0.05) is 0 Å². The lowest BCUT2D eigenvalue weighted by molar-refractivity contribution is -0.117. The van der Waals surface area contributed by atoms with Gasteiger partial charge in [-0.1, -0.05) is 29.5 Å². The van der Waals surface area contributed by atoms with Crippen LogP contribution in [0.2, 0.25) is 0 Å². The minimum Gasteiger partial charge on any atom is -0.503 e. The predicted molar refractivity (Wildman–Crippen MR) is 126 cm³/mol. The van der Waals surface area contributed by atoms with Crippen LogP contribution in [0.4, 0.5) is 9.52 Å². The van der Waals surface area contributed by atoms with Gasteiger partial charge in [0.05, 0.1) is 33.3 Å². The van der Waals surface area contributed by atoms with Gasteiger partial charge in [-0.05, 0) is 54.3 Å². The Morgan fingerprint density at radius 3 is 2.70 bits per heavy atom. The SMILES string of the molecule is CCOc1ccc(C2C(C(=O)c3cccs3)=C(O)C(=O)N2c2nc3ccc(F)cc3s2)cc1. The average molecular weight is 481 g/mol. The number of ether oxygens (including phenoxy) is 1. The quantitative estimate of drug-likeness (QED) is 0.359. The lowest BCUT2D eigenvalue weighted by Gasteiger charge is -2.24. The number of nitrogens with zero attached hydrogens (tertiary/aromatic N) is 2. The van der Waals surface area contributed by atoms with Gasteiger partial charge in [-0.2, -0.15) is 0 Å². The number of amides is 1. The number of carbonyl (C=O) groups is 2. The van der Waals surface area contributed by atoms with Crippen LogP contribution in [0.5, 0.6) is 5.75 Å². The predicted octanol–water partition coefficient (Wildman–Crippen LogP) is 5.68. The molecule has 2 aromatic heterocycles. The van der Waals surface area contributed by atoms with Crippen molar-refractivity contribution in [3.63, 3.8) is 0 Å². The summed E-state index contributed by atoms with van der Waals surface area (Å²) in [5, 5.41) is 12.8. The first-order chi connectivity index (χ1) is 16.0. The molecule has 166 valence electrons. The van der Waals surface area contributed by atoms with Crippen LogP contribution in [0.25, 0.3) is 10.2 Å². The normalized spacial score (nSPS) is 16.1. The number of ketones is 1. The largest absolute Gasteiger partial charge is 0.503 e. The second kappa shape index (κ2) is 8.42. The Morgan fingerprint density at radius 2 is 2.00 bits per heavy atom. The Bertz CT molecular complexity index is 1390. The monoisotopic (exact) mass is 480 g/mol. The second-order valence-corrected chi connectivity index (χ2v) is 9.21. The molecule has 0 aliphatic carbocycles. The van der Waals surface area contributed by atoms with E-state index in [1.807, 2.05) is 6.92 Å². The molecule has 1 aliphatic heterocycles. The molecular weight excluding hydrogens is 463 g/mol. The fraction of sp³-hybridized carbons (Fsp3) is 0.125. The summed E-state index contributed by atoms with van der Waals surface area (Å²) >= 11 is 2.35. The van der Waals surface area contributed by atoms with Gasteiger partial charge in [0.25, 0.3) is 5.91 Å². The zero-order valence-electron chi connectivity index (χ0n) is 17.3. The zero-order valence-corrected chi connectivity index (χ0v) is 19.0. The molecular formula is C24H17FN2O4S2. The van der Waals surface area contributed by atoms with Crippen LogP contribution in [0.15, 0.2) is 71.3 Å². The molecule has 0 saturated heterocycles. The Labute approximate surface area is 196 Å². The van der Waals surface area contributed by atoms with Gasteiger partial charge in [0.2, 0.25) is 5.78 Å². The van der Waals surface area contributed by atoms with Gasteiger partial charge in [-0.15, -0.1) is 11.3 Å². The third-order valence-electron chi connectivity index (χ3n) is 5.25. The topological polar surface area (TPSA) is 79.7 Å². The van der Waals surface area contributed by atoms with Gasteiger partial charge in [0.15, 0.2) is 10.9 Å². The Hall–Kier alpha value is -3.56. The molecule has 3 heterocycles. The van der Waals surface area contributed by atoms with Gasteiger partial charge in [-0.25, -0.2) is 9.37 Å². The molecule has 0 bridgehead atoms. The number of hydrogen-bond acceptors (Lipinski definition) is 7. The third-order valence-corrected chi connectivity index (χ3v) is 7.14. The fourth-order valence-corrected chi connectivity index (χ4v) is 5.49. The molecule has 9 heteroatoms. The molecule has 4 aromatic rings. The van der Waals surface area contributed by atoms with Gasteiger partial charge in [0.1, 0.15) is 11.6 Å². The van der Waals surface area contributed by atoms with Crippen molar-refractivity contribution in [3.05, 3.63) is 87.6 Å². The number of fused-ring (bicyclic) bond motifs is 1. The van der Waals surface area contributed by atoms with E-state index in [2.05, 4.69) is 4.98 Å². The summed E-state index contributed by atoms with van der Waals surface area (Å²) in [5.41, 5.74) is 1.12. The summed E-state index contributed by atoms with van der Waals surface area (Å²) in [6, 6.07) is 13.7. The second-order valence-electron chi connectivity index (χ2n) is 7.26. The van der Waals surface area contributed by atoms with Crippen molar-refractivity contribution in [2.24, 2.45) is 0 Å². The maximum absolute atomic E-state index is 13.7. The number of anilines is 1. The number of Topliss-reactive ketones (excluding diaryl/α,β-unsaturated/α-hetero) is 1. The molecule has 0 radical (unpaired) electrons. The van der Waals surface area contributed by atoms with Crippen molar-refractivity contribution in [1.29, 1.82) is 0 Å². The third kappa shape index (κ3) is 3.69. The van der Waals surface area contributed by atoms with E-state index < -0.39 is 29.3 Å². The highest BCUT2D eigenvalue weighted by Gasteiger charge is 2.46. The van der Waals surface area contributed by atoms with E-state index in [0.29, 0.717) is 33.0 Å². The molecule has 1 amide bonds. The van der Waals surface area contributed by atoms with Crippen molar-refractivity contribution < 1.29 is 23.8 Å². The first kappa shape index (κ1) is 21.3. The number of halogens is 1. The van der Waals surface area contributed by atoms with Crippen LogP contribution < -0.4 is 9.64 Å². The molecule has 2 aromatic carbocycles. The standard InChI is InChI=1S/C24H17FN2O4S2/c1-2-31-15-8-5-13(6-9-15)20-19(21(28)17-4-3-11-32-17)22(29)23(30)27(20)24-26-16-10-7-14(25)12-18(16)33-24/h3-12,20,29H,2H2,1H3. The average Bonchev–Trinajstić information content (AvgIpc) is 3.53. The summed E-state index contributed by atoms with van der Waals surface area (Å²) in [4.78, 5) is 32.8. The maximum atomic E-state index is 13.7. The molecule has 1 aliphatic rings. The molecule has 0 saturated carbocycles. The number of thiazole rings is 1. The van der Waals surface area contributed by atoms with Crippen LogP contribution in [0.3, 0.4) is 0 Å².